The third kappa shape index (κ3) is 3.40. The van der Waals surface area contributed by atoms with Gasteiger partial charge in [-0.1, -0.05) is 13.8 Å². The van der Waals surface area contributed by atoms with Crippen LogP contribution in [-0.4, -0.2) is 38.9 Å². The fourth-order valence-electron chi connectivity index (χ4n) is 3.43. The van der Waals surface area contributed by atoms with Gasteiger partial charge in [-0.25, -0.2) is 0 Å². The van der Waals surface area contributed by atoms with Gasteiger partial charge in [0.15, 0.2) is 11.6 Å². The molecule has 27 heavy (non-hydrogen) atoms. The number of aromatic hydroxyl groups is 2. The van der Waals surface area contributed by atoms with Crippen molar-refractivity contribution in [2.45, 2.75) is 40.3 Å². The molecule has 0 saturated carbocycles. The molecule has 0 saturated heterocycles. The zero-order valence-corrected chi connectivity index (χ0v) is 16.0. The lowest BCUT2D eigenvalue weighted by atomic mass is 10.0. The van der Waals surface area contributed by atoms with E-state index in [9.17, 15) is 19.8 Å². The summed E-state index contributed by atoms with van der Waals surface area (Å²) in [7, 11) is 0. The standard InChI is InChI=1S/C21H24N2O4/c1-11(2)22-5-6-23-18-9-20(26)14(12(3)24)7-16(18)17-8-15(13(4)25)21(27)10-19(17)23/h7-11,22,26-27H,5-6H2,1-4H3. The molecule has 6 nitrogen and oxygen atoms in total. The highest BCUT2D eigenvalue weighted by atomic mass is 16.3. The Morgan fingerprint density at radius 1 is 0.926 bits per heavy atom. The summed E-state index contributed by atoms with van der Waals surface area (Å²) in [5.74, 6) is -0.622. The number of carbonyl (C=O) groups is 2. The molecule has 1 aromatic heterocycles. The number of aromatic nitrogens is 1. The summed E-state index contributed by atoms with van der Waals surface area (Å²) in [6, 6.07) is 6.79. The van der Waals surface area contributed by atoms with E-state index < -0.39 is 0 Å². The fourth-order valence-corrected chi connectivity index (χ4v) is 3.43. The molecule has 6 heteroatoms. The predicted molar refractivity (Wildman–Crippen MR) is 106 cm³/mol. The number of Topliss-reactive ketones (excluding diaryl/α,β-unsaturated/α-hetero) is 2. The zero-order chi connectivity index (χ0) is 19.9. The van der Waals surface area contributed by atoms with E-state index in [2.05, 4.69) is 19.2 Å². The van der Waals surface area contributed by atoms with Crippen LogP contribution in [0, 0.1) is 0 Å². The van der Waals surface area contributed by atoms with Crippen LogP contribution < -0.4 is 5.32 Å². The number of hydrogen-bond donors (Lipinski definition) is 3. The Morgan fingerprint density at radius 2 is 1.37 bits per heavy atom. The lowest BCUT2D eigenvalue weighted by Crippen LogP contribution is -2.26. The van der Waals surface area contributed by atoms with Crippen LogP contribution >= 0.6 is 0 Å². The molecule has 0 fully saturated rings. The molecule has 0 bridgehead atoms. The predicted octanol–water partition coefficient (Wildman–Crippen LogP) is 3.61. The topological polar surface area (TPSA) is 91.6 Å². The lowest BCUT2D eigenvalue weighted by Gasteiger charge is -2.12. The second-order valence-electron chi connectivity index (χ2n) is 7.15. The minimum absolute atomic E-state index is 0.0770. The molecule has 0 aliphatic carbocycles. The maximum atomic E-state index is 11.9. The molecule has 0 spiro atoms. The highest BCUT2D eigenvalue weighted by molar-refractivity contribution is 6.14. The highest BCUT2D eigenvalue weighted by Crippen LogP contribution is 2.36. The maximum Gasteiger partial charge on any atom is 0.163 e. The van der Waals surface area contributed by atoms with Gasteiger partial charge in [0.25, 0.3) is 0 Å². The van der Waals surface area contributed by atoms with E-state index in [0.717, 1.165) is 21.8 Å². The second kappa shape index (κ2) is 7.04. The third-order valence-electron chi connectivity index (χ3n) is 4.75. The molecular weight excluding hydrogens is 344 g/mol. The number of rotatable bonds is 6. The molecule has 0 atom stereocenters. The van der Waals surface area contributed by atoms with Gasteiger partial charge in [0, 0.05) is 42.0 Å². The summed E-state index contributed by atoms with van der Waals surface area (Å²) >= 11 is 0. The van der Waals surface area contributed by atoms with Crippen molar-refractivity contribution in [3.8, 4) is 11.5 Å². The summed E-state index contributed by atoms with van der Waals surface area (Å²) in [6.45, 7) is 8.22. The van der Waals surface area contributed by atoms with Crippen LogP contribution in [-0.2, 0) is 6.54 Å². The Hall–Kier alpha value is -2.86. The van der Waals surface area contributed by atoms with Gasteiger partial charge in [-0.3, -0.25) is 9.59 Å². The molecule has 2 aromatic carbocycles. The Bertz CT molecular complexity index is 986. The van der Waals surface area contributed by atoms with Crippen LogP contribution in [0.25, 0.3) is 21.8 Å². The van der Waals surface area contributed by atoms with Crippen molar-refractivity contribution in [2.24, 2.45) is 0 Å². The van der Waals surface area contributed by atoms with Crippen LogP contribution in [0.4, 0.5) is 0 Å². The van der Waals surface area contributed by atoms with Crippen LogP contribution in [0.1, 0.15) is 48.4 Å². The molecule has 0 amide bonds. The normalized spacial score (nSPS) is 11.6. The molecule has 0 unspecified atom stereocenters. The van der Waals surface area contributed by atoms with E-state index in [1.54, 1.807) is 24.3 Å². The number of benzene rings is 2. The largest absolute Gasteiger partial charge is 0.507 e. The van der Waals surface area contributed by atoms with E-state index in [1.165, 1.54) is 13.8 Å². The van der Waals surface area contributed by atoms with E-state index in [-0.39, 0.29) is 34.2 Å². The zero-order valence-electron chi connectivity index (χ0n) is 16.0. The molecule has 0 radical (unpaired) electrons. The van der Waals surface area contributed by atoms with Crippen molar-refractivity contribution < 1.29 is 19.8 Å². The molecular formula is C21H24N2O4. The van der Waals surface area contributed by atoms with Gasteiger partial charge in [-0.15, -0.1) is 0 Å². The van der Waals surface area contributed by atoms with Crippen molar-refractivity contribution >= 4 is 33.4 Å². The Morgan fingerprint density at radius 3 is 1.74 bits per heavy atom. The third-order valence-corrected chi connectivity index (χ3v) is 4.75. The summed E-state index contributed by atoms with van der Waals surface area (Å²) in [5, 5.41) is 25.4. The lowest BCUT2D eigenvalue weighted by molar-refractivity contribution is 0.100. The van der Waals surface area contributed by atoms with Crippen molar-refractivity contribution in [3.63, 3.8) is 0 Å². The number of phenols is 2. The van der Waals surface area contributed by atoms with Gasteiger partial charge in [0.05, 0.1) is 22.2 Å². The molecule has 0 aliphatic heterocycles. The van der Waals surface area contributed by atoms with Crippen LogP contribution in [0.15, 0.2) is 24.3 Å². The molecule has 3 aromatic rings. The first-order valence-electron chi connectivity index (χ1n) is 8.98. The maximum absolute atomic E-state index is 11.9. The van der Waals surface area contributed by atoms with Gasteiger partial charge in [-0.05, 0) is 26.0 Å². The first-order valence-corrected chi connectivity index (χ1v) is 8.98. The molecule has 3 N–H and O–H groups in total. The number of carbonyl (C=O) groups excluding carboxylic acids is 2. The van der Waals surface area contributed by atoms with Gasteiger partial charge in [0.2, 0.25) is 0 Å². The molecule has 0 aliphatic rings. The van der Waals surface area contributed by atoms with Crippen molar-refractivity contribution in [2.75, 3.05) is 6.54 Å². The number of fused-ring (bicyclic) bond motifs is 3. The summed E-state index contributed by atoms with van der Waals surface area (Å²) in [6.07, 6.45) is 0. The van der Waals surface area contributed by atoms with Gasteiger partial charge in [0.1, 0.15) is 11.5 Å². The van der Waals surface area contributed by atoms with Crippen LogP contribution in [0.3, 0.4) is 0 Å². The number of nitrogens with one attached hydrogen (secondary N) is 1. The highest BCUT2D eigenvalue weighted by Gasteiger charge is 2.19. The average molecular weight is 368 g/mol. The van der Waals surface area contributed by atoms with E-state index >= 15 is 0 Å². The van der Waals surface area contributed by atoms with Crippen LogP contribution in [0.2, 0.25) is 0 Å². The minimum Gasteiger partial charge on any atom is -0.507 e. The molecule has 3 rings (SSSR count). The van der Waals surface area contributed by atoms with E-state index in [1.807, 2.05) is 4.57 Å². The minimum atomic E-state index is -0.234. The van der Waals surface area contributed by atoms with Crippen molar-refractivity contribution in [3.05, 3.63) is 35.4 Å². The van der Waals surface area contributed by atoms with Crippen molar-refractivity contribution in [1.29, 1.82) is 0 Å². The number of nitrogens with zero attached hydrogens (tertiary/aromatic N) is 1. The number of hydrogen-bond acceptors (Lipinski definition) is 5. The molecule has 142 valence electrons. The quantitative estimate of drug-likeness (QED) is 0.578. The first-order chi connectivity index (χ1) is 12.7. The smallest absolute Gasteiger partial charge is 0.163 e. The van der Waals surface area contributed by atoms with Gasteiger partial charge < -0.3 is 20.1 Å². The Kier molecular flexibility index (Phi) is 4.93. The van der Waals surface area contributed by atoms with E-state index in [0.29, 0.717) is 19.1 Å². The second-order valence-corrected chi connectivity index (χ2v) is 7.15. The number of ketones is 2. The number of phenolic OH excluding ortho intramolecular Hbond substituents is 2. The Labute approximate surface area is 157 Å². The first kappa shape index (κ1) is 18.9. The SMILES string of the molecule is CC(=O)c1cc2c3cc(C(C)=O)c(O)cc3n(CCNC(C)C)c2cc1O. The van der Waals surface area contributed by atoms with Crippen LogP contribution in [0.5, 0.6) is 11.5 Å². The Balaban J connectivity index is 2.32. The van der Waals surface area contributed by atoms with E-state index in [4.69, 9.17) is 0 Å². The average Bonchev–Trinajstić information content (AvgIpc) is 2.85. The summed E-state index contributed by atoms with van der Waals surface area (Å²) in [5.41, 5.74) is 1.97. The van der Waals surface area contributed by atoms with Gasteiger partial charge in [-0.2, -0.15) is 0 Å². The summed E-state index contributed by atoms with van der Waals surface area (Å²) in [4.78, 5) is 23.7. The fraction of sp³-hybridized carbons (Fsp3) is 0.333. The monoisotopic (exact) mass is 368 g/mol. The van der Waals surface area contributed by atoms with Gasteiger partial charge >= 0.3 is 0 Å². The summed E-state index contributed by atoms with van der Waals surface area (Å²) < 4.78 is 1.98. The van der Waals surface area contributed by atoms with Crippen molar-refractivity contribution in [1.82, 2.24) is 9.88 Å². The molecule has 1 heterocycles.